The smallest absolute Gasteiger partial charge is 0.148 e. The maximum absolute atomic E-state index is 9.46. The minimum atomic E-state index is -0.178. The second-order valence-electron chi connectivity index (χ2n) is 6.44. The Kier molecular flexibility index (Phi) is 5.30. The van der Waals surface area contributed by atoms with Crippen molar-refractivity contribution < 1.29 is 5.11 Å². The summed E-state index contributed by atoms with van der Waals surface area (Å²) in [4.78, 5) is 9.04. The number of aliphatic hydroxyl groups excluding tert-OH is 1. The maximum Gasteiger partial charge on any atom is 0.148 e. The van der Waals surface area contributed by atoms with Gasteiger partial charge in [0.2, 0.25) is 0 Å². The monoisotopic (exact) mass is 281 g/mol. The van der Waals surface area contributed by atoms with Crippen LogP contribution in [-0.4, -0.2) is 27.7 Å². The van der Waals surface area contributed by atoms with Crippen LogP contribution in [0.15, 0.2) is 0 Å². The van der Waals surface area contributed by atoms with Gasteiger partial charge < -0.3 is 15.8 Å². The van der Waals surface area contributed by atoms with Crippen molar-refractivity contribution >= 4 is 11.6 Å². The van der Waals surface area contributed by atoms with Crippen LogP contribution in [0, 0.1) is 12.8 Å². The van der Waals surface area contributed by atoms with Gasteiger partial charge in [-0.2, -0.15) is 0 Å². The third-order valence-corrected chi connectivity index (χ3v) is 3.28. The molecule has 1 heterocycles. The molecular formula is C14H27N5O. The first kappa shape index (κ1) is 16.7. The first-order valence-corrected chi connectivity index (χ1v) is 6.93. The van der Waals surface area contributed by atoms with Crippen molar-refractivity contribution in [3.8, 4) is 0 Å². The summed E-state index contributed by atoms with van der Waals surface area (Å²) in [5.74, 6) is 7.86. The molecule has 0 aliphatic heterocycles. The minimum absolute atomic E-state index is 0.0529. The Hall–Kier alpha value is -1.40. The number of hydrogen-bond acceptors (Lipinski definition) is 6. The zero-order chi connectivity index (χ0) is 15.5. The number of aliphatic hydroxyl groups is 1. The number of hydrazine groups is 1. The fourth-order valence-electron chi connectivity index (χ4n) is 1.73. The standard InChI is InChI=1S/C14H27N5O/c1-8(2)10(7-20)16-11-9(3)12(19-15)18-13(17-11)14(4,5)6/h8,10,20H,7,15H2,1-6H3,(H2,16,17,18,19)/t10-/m1/s1. The van der Waals surface area contributed by atoms with E-state index in [1.54, 1.807) is 0 Å². The summed E-state index contributed by atoms with van der Waals surface area (Å²) in [6.45, 7) is 12.2. The number of nitrogens with one attached hydrogen (secondary N) is 2. The normalized spacial score (nSPS) is 13.4. The summed E-state index contributed by atoms with van der Waals surface area (Å²) in [7, 11) is 0. The number of hydrogen-bond donors (Lipinski definition) is 4. The van der Waals surface area contributed by atoms with Crippen LogP contribution in [0.5, 0.6) is 0 Å². The molecule has 0 bridgehead atoms. The van der Waals surface area contributed by atoms with Crippen LogP contribution in [0.25, 0.3) is 0 Å². The average molecular weight is 281 g/mol. The lowest BCUT2D eigenvalue weighted by atomic mass is 9.95. The molecule has 20 heavy (non-hydrogen) atoms. The third-order valence-electron chi connectivity index (χ3n) is 3.28. The van der Waals surface area contributed by atoms with Crippen LogP contribution in [0.3, 0.4) is 0 Å². The molecule has 0 saturated heterocycles. The van der Waals surface area contributed by atoms with Crippen molar-refractivity contribution in [3.63, 3.8) is 0 Å². The van der Waals surface area contributed by atoms with Crippen LogP contribution in [-0.2, 0) is 5.41 Å². The Morgan fingerprint density at radius 2 is 1.75 bits per heavy atom. The molecule has 1 aromatic rings. The third kappa shape index (κ3) is 3.80. The topological polar surface area (TPSA) is 96.1 Å². The van der Waals surface area contributed by atoms with E-state index in [0.29, 0.717) is 23.4 Å². The van der Waals surface area contributed by atoms with Crippen molar-refractivity contribution in [2.24, 2.45) is 11.8 Å². The second-order valence-corrected chi connectivity index (χ2v) is 6.44. The van der Waals surface area contributed by atoms with Crippen molar-refractivity contribution in [1.82, 2.24) is 9.97 Å². The van der Waals surface area contributed by atoms with Gasteiger partial charge in [0.05, 0.1) is 12.6 Å². The van der Waals surface area contributed by atoms with Gasteiger partial charge in [0.15, 0.2) is 0 Å². The molecule has 0 aromatic carbocycles. The SMILES string of the molecule is Cc1c(NN)nc(C(C)(C)C)nc1N[C@H](CO)C(C)C. The largest absolute Gasteiger partial charge is 0.394 e. The summed E-state index contributed by atoms with van der Waals surface area (Å²) in [6, 6.07) is -0.0537. The highest BCUT2D eigenvalue weighted by atomic mass is 16.3. The Bertz CT molecular complexity index is 454. The number of nitrogen functional groups attached to an aromatic ring is 1. The lowest BCUT2D eigenvalue weighted by molar-refractivity contribution is 0.249. The molecule has 0 amide bonds. The van der Waals surface area contributed by atoms with E-state index >= 15 is 0 Å². The molecule has 114 valence electrons. The van der Waals surface area contributed by atoms with Gasteiger partial charge >= 0.3 is 0 Å². The summed E-state index contributed by atoms with van der Waals surface area (Å²) >= 11 is 0. The summed E-state index contributed by atoms with van der Waals surface area (Å²) in [6.07, 6.45) is 0. The lowest BCUT2D eigenvalue weighted by Crippen LogP contribution is -2.31. The van der Waals surface area contributed by atoms with E-state index in [0.717, 1.165) is 5.56 Å². The van der Waals surface area contributed by atoms with Crippen molar-refractivity contribution in [1.29, 1.82) is 0 Å². The quantitative estimate of drug-likeness (QED) is 0.485. The molecule has 1 aromatic heterocycles. The number of aromatic nitrogens is 2. The second kappa shape index (κ2) is 6.37. The molecule has 0 spiro atoms. The molecule has 0 saturated carbocycles. The molecule has 0 unspecified atom stereocenters. The minimum Gasteiger partial charge on any atom is -0.394 e. The lowest BCUT2D eigenvalue weighted by Gasteiger charge is -2.25. The summed E-state index contributed by atoms with van der Waals surface area (Å²) in [5, 5.41) is 12.7. The first-order chi connectivity index (χ1) is 9.20. The number of anilines is 2. The Morgan fingerprint density at radius 1 is 1.20 bits per heavy atom. The molecule has 0 aliphatic rings. The fourth-order valence-corrected chi connectivity index (χ4v) is 1.73. The van der Waals surface area contributed by atoms with Gasteiger partial charge in [0, 0.05) is 11.0 Å². The van der Waals surface area contributed by atoms with E-state index < -0.39 is 0 Å². The maximum atomic E-state index is 9.46. The highest BCUT2D eigenvalue weighted by Crippen LogP contribution is 2.26. The van der Waals surface area contributed by atoms with Gasteiger partial charge in [0.25, 0.3) is 0 Å². The van der Waals surface area contributed by atoms with Crippen LogP contribution in [0.4, 0.5) is 11.6 Å². The molecule has 0 radical (unpaired) electrons. The van der Waals surface area contributed by atoms with Crippen LogP contribution >= 0.6 is 0 Å². The van der Waals surface area contributed by atoms with Gasteiger partial charge in [-0.1, -0.05) is 34.6 Å². The van der Waals surface area contributed by atoms with Crippen LogP contribution in [0.1, 0.15) is 46.0 Å². The van der Waals surface area contributed by atoms with Crippen molar-refractivity contribution in [3.05, 3.63) is 11.4 Å². The van der Waals surface area contributed by atoms with E-state index in [9.17, 15) is 5.11 Å². The number of rotatable bonds is 5. The van der Waals surface area contributed by atoms with Gasteiger partial charge in [-0.05, 0) is 12.8 Å². The molecule has 6 nitrogen and oxygen atoms in total. The first-order valence-electron chi connectivity index (χ1n) is 6.93. The van der Waals surface area contributed by atoms with Crippen LogP contribution < -0.4 is 16.6 Å². The fraction of sp³-hybridized carbons (Fsp3) is 0.714. The van der Waals surface area contributed by atoms with E-state index in [-0.39, 0.29) is 18.1 Å². The summed E-state index contributed by atoms with van der Waals surface area (Å²) < 4.78 is 0. The molecule has 0 fully saturated rings. The zero-order valence-corrected chi connectivity index (χ0v) is 13.3. The van der Waals surface area contributed by atoms with E-state index in [2.05, 4.69) is 34.6 Å². The van der Waals surface area contributed by atoms with Gasteiger partial charge in [-0.15, -0.1) is 0 Å². The van der Waals surface area contributed by atoms with Gasteiger partial charge in [-0.25, -0.2) is 15.8 Å². The summed E-state index contributed by atoms with van der Waals surface area (Å²) in [5.41, 5.74) is 3.28. The Labute approximate surface area is 121 Å². The number of nitrogens with two attached hydrogens (primary N) is 1. The van der Waals surface area contributed by atoms with E-state index in [4.69, 9.17) is 5.84 Å². The van der Waals surface area contributed by atoms with Crippen molar-refractivity contribution in [2.45, 2.75) is 53.0 Å². The van der Waals surface area contributed by atoms with E-state index in [1.807, 2.05) is 27.7 Å². The molecular weight excluding hydrogens is 254 g/mol. The van der Waals surface area contributed by atoms with E-state index in [1.165, 1.54) is 0 Å². The molecule has 5 N–H and O–H groups in total. The van der Waals surface area contributed by atoms with Gasteiger partial charge in [0.1, 0.15) is 17.5 Å². The van der Waals surface area contributed by atoms with Gasteiger partial charge in [-0.3, -0.25) is 0 Å². The Balaban J connectivity index is 3.24. The predicted octanol–water partition coefficient (Wildman–Crippen LogP) is 1.80. The highest BCUT2D eigenvalue weighted by molar-refractivity contribution is 5.57. The number of nitrogens with zero attached hydrogens (tertiary/aromatic N) is 2. The molecule has 1 atom stereocenters. The highest BCUT2D eigenvalue weighted by Gasteiger charge is 2.22. The predicted molar refractivity (Wildman–Crippen MR) is 82.6 cm³/mol. The average Bonchev–Trinajstić information content (AvgIpc) is 2.35. The molecule has 0 aliphatic carbocycles. The molecule has 1 rings (SSSR count). The molecule has 6 heteroatoms. The van der Waals surface area contributed by atoms with Crippen molar-refractivity contribution in [2.75, 3.05) is 17.3 Å². The Morgan fingerprint density at radius 3 is 2.15 bits per heavy atom. The zero-order valence-electron chi connectivity index (χ0n) is 13.3. The van der Waals surface area contributed by atoms with Crippen LogP contribution in [0.2, 0.25) is 0 Å².